The van der Waals surface area contributed by atoms with E-state index in [0.29, 0.717) is 0 Å². The highest BCUT2D eigenvalue weighted by atomic mass is 32.3. The molecule has 1 fully saturated rings. The van der Waals surface area contributed by atoms with Gasteiger partial charge in [0.05, 0.1) is 0 Å². The van der Waals surface area contributed by atoms with Crippen molar-refractivity contribution >= 4 is 20.8 Å². The normalized spacial score (nSPS) is 44.0. The highest BCUT2D eigenvalue weighted by Crippen LogP contribution is 2.75. The lowest BCUT2D eigenvalue weighted by Crippen LogP contribution is -1.98. The predicted octanol–water partition coefficient (Wildman–Crippen LogP) is 2.14. The molecule has 13 heavy (non-hydrogen) atoms. The summed E-state index contributed by atoms with van der Waals surface area (Å²) in [6.45, 7) is 3.94. The summed E-state index contributed by atoms with van der Waals surface area (Å²) < 4.78 is 37.5. The second kappa shape index (κ2) is 3.40. The molecule has 1 heterocycles. The number of hydrogen-bond acceptors (Lipinski definition) is 3. The smallest absolute Gasteiger partial charge is 0.194 e. The van der Waals surface area contributed by atoms with Gasteiger partial charge in [-0.15, -0.1) is 10.3 Å². The molecule has 0 spiro atoms. The Morgan fingerprint density at radius 1 is 1.31 bits per heavy atom. The fourth-order valence-electron chi connectivity index (χ4n) is 1.99. The molecule has 0 saturated carbocycles. The Morgan fingerprint density at radius 3 is 1.92 bits per heavy atom. The molecule has 1 aliphatic heterocycles. The molecule has 1 aliphatic rings. The zero-order valence-electron chi connectivity index (χ0n) is 7.99. The maximum atomic E-state index is 12.3. The van der Waals surface area contributed by atoms with E-state index < -0.39 is 20.8 Å². The monoisotopic (exact) mass is 230 g/mol. The molecule has 0 aromatic heterocycles. The van der Waals surface area contributed by atoms with Crippen molar-refractivity contribution in [2.75, 3.05) is 6.26 Å². The quantitative estimate of drug-likeness (QED) is 0.549. The van der Waals surface area contributed by atoms with Crippen LogP contribution >= 0.6 is 10.3 Å². The minimum atomic E-state index is -4.77. The van der Waals surface area contributed by atoms with E-state index in [-0.39, 0.29) is 10.5 Å². The van der Waals surface area contributed by atoms with Crippen LogP contribution < -0.4 is 0 Å². The minimum absolute atomic E-state index is 0.253. The van der Waals surface area contributed by atoms with Crippen molar-refractivity contribution in [1.82, 2.24) is 0 Å². The third kappa shape index (κ3) is 2.16. The maximum absolute atomic E-state index is 12.3. The van der Waals surface area contributed by atoms with Gasteiger partial charge in [-0.05, 0) is 19.1 Å². The van der Waals surface area contributed by atoms with E-state index in [2.05, 4.69) is 3.63 Å². The molecular formula is C7H15FO3S2. The summed E-state index contributed by atoms with van der Waals surface area (Å²) in [4.78, 5) is 0. The SMILES string of the molecule is CCC1C(CC)S1(C)OS(=O)(=O)F. The summed E-state index contributed by atoms with van der Waals surface area (Å²) in [5.74, 6) is 0. The van der Waals surface area contributed by atoms with Gasteiger partial charge in [0, 0.05) is 10.5 Å². The summed E-state index contributed by atoms with van der Waals surface area (Å²) in [5, 5.41) is 0.506. The summed E-state index contributed by atoms with van der Waals surface area (Å²) in [6.07, 6.45) is 3.46. The van der Waals surface area contributed by atoms with Crippen LogP contribution in [0.15, 0.2) is 0 Å². The maximum Gasteiger partial charge on any atom is 0.447 e. The first kappa shape index (κ1) is 11.3. The number of rotatable bonds is 4. The zero-order chi connectivity index (χ0) is 10.3. The summed E-state index contributed by atoms with van der Waals surface area (Å²) in [6, 6.07) is 0. The Labute approximate surface area is 80.6 Å². The molecule has 6 heteroatoms. The van der Waals surface area contributed by atoms with Crippen molar-refractivity contribution in [3.8, 4) is 0 Å². The highest BCUT2D eigenvalue weighted by Gasteiger charge is 2.58. The van der Waals surface area contributed by atoms with Crippen LogP contribution in [-0.4, -0.2) is 25.2 Å². The van der Waals surface area contributed by atoms with Gasteiger partial charge in [-0.1, -0.05) is 17.7 Å². The van der Waals surface area contributed by atoms with Gasteiger partial charge >= 0.3 is 10.5 Å². The van der Waals surface area contributed by atoms with E-state index in [0.717, 1.165) is 12.8 Å². The van der Waals surface area contributed by atoms with Gasteiger partial charge < -0.3 is 0 Å². The summed E-state index contributed by atoms with van der Waals surface area (Å²) >= 11 is 0. The predicted molar refractivity (Wildman–Crippen MR) is 52.8 cm³/mol. The van der Waals surface area contributed by atoms with E-state index in [1.54, 1.807) is 6.26 Å². The van der Waals surface area contributed by atoms with Crippen molar-refractivity contribution in [2.45, 2.75) is 37.2 Å². The van der Waals surface area contributed by atoms with Crippen LogP contribution in [0.4, 0.5) is 3.89 Å². The minimum Gasteiger partial charge on any atom is -0.194 e. The molecule has 0 aromatic rings. The molecule has 80 valence electrons. The van der Waals surface area contributed by atoms with Gasteiger partial charge in [0.15, 0.2) is 0 Å². The van der Waals surface area contributed by atoms with E-state index >= 15 is 0 Å². The molecule has 0 bridgehead atoms. The van der Waals surface area contributed by atoms with Crippen LogP contribution in [0.3, 0.4) is 0 Å². The zero-order valence-corrected chi connectivity index (χ0v) is 9.62. The molecule has 0 aliphatic carbocycles. The first-order valence-corrected chi connectivity index (χ1v) is 7.67. The van der Waals surface area contributed by atoms with Crippen LogP contribution in [0.5, 0.6) is 0 Å². The molecule has 0 aromatic carbocycles. The Kier molecular flexibility index (Phi) is 2.95. The lowest BCUT2D eigenvalue weighted by atomic mass is 10.2. The van der Waals surface area contributed by atoms with Crippen LogP contribution in [0.1, 0.15) is 26.7 Å². The van der Waals surface area contributed by atoms with Crippen LogP contribution in [0.2, 0.25) is 0 Å². The van der Waals surface area contributed by atoms with Gasteiger partial charge in [0.1, 0.15) is 0 Å². The average molecular weight is 230 g/mol. The third-order valence-corrected chi connectivity index (χ3v) is 7.81. The standard InChI is InChI=1S/C7H15FO3S2/c1-4-6-7(5-2)12(6,3)11-13(8,9)10/h6-7H,4-5H2,1-3H3. The Hall–Kier alpha value is 0.190. The summed E-state index contributed by atoms with van der Waals surface area (Å²) in [7, 11) is -6.44. The molecule has 2 unspecified atom stereocenters. The average Bonchev–Trinajstić information content (AvgIpc) is 2.49. The van der Waals surface area contributed by atoms with Gasteiger partial charge in [-0.3, -0.25) is 0 Å². The van der Waals surface area contributed by atoms with E-state index in [4.69, 9.17) is 0 Å². The molecule has 3 nitrogen and oxygen atoms in total. The van der Waals surface area contributed by atoms with Crippen molar-refractivity contribution in [2.24, 2.45) is 0 Å². The van der Waals surface area contributed by atoms with Crippen molar-refractivity contribution < 1.29 is 15.9 Å². The lowest BCUT2D eigenvalue weighted by molar-refractivity contribution is 0.464. The third-order valence-electron chi connectivity index (χ3n) is 2.57. The molecule has 0 N–H and O–H groups in total. The van der Waals surface area contributed by atoms with E-state index in [9.17, 15) is 12.3 Å². The Bertz CT molecular complexity index is 278. The van der Waals surface area contributed by atoms with Gasteiger partial charge in [0.25, 0.3) is 0 Å². The molecule has 0 amide bonds. The van der Waals surface area contributed by atoms with Gasteiger partial charge in [-0.2, -0.15) is 12.0 Å². The summed E-state index contributed by atoms with van der Waals surface area (Å²) in [5.41, 5.74) is 0. The Morgan fingerprint density at radius 2 is 1.69 bits per heavy atom. The van der Waals surface area contributed by atoms with E-state index in [1.165, 1.54) is 0 Å². The molecule has 1 rings (SSSR count). The first-order valence-electron chi connectivity index (χ1n) is 4.26. The molecule has 2 atom stereocenters. The molecule has 1 saturated heterocycles. The van der Waals surface area contributed by atoms with Gasteiger partial charge in [-0.25, -0.2) is 0 Å². The first-order chi connectivity index (χ1) is 5.85. The Balaban J connectivity index is 2.70. The topological polar surface area (TPSA) is 43.4 Å². The number of halogens is 1. The largest absolute Gasteiger partial charge is 0.447 e. The van der Waals surface area contributed by atoms with Crippen molar-refractivity contribution in [3.63, 3.8) is 0 Å². The second-order valence-corrected chi connectivity index (χ2v) is 7.80. The van der Waals surface area contributed by atoms with Crippen molar-refractivity contribution in [1.29, 1.82) is 0 Å². The van der Waals surface area contributed by atoms with Crippen LogP contribution in [0.25, 0.3) is 0 Å². The molecule has 0 radical (unpaired) electrons. The van der Waals surface area contributed by atoms with Crippen LogP contribution in [0, 0.1) is 0 Å². The molecular weight excluding hydrogens is 215 g/mol. The second-order valence-electron chi connectivity index (χ2n) is 3.32. The van der Waals surface area contributed by atoms with E-state index in [1.807, 2.05) is 13.8 Å². The highest BCUT2D eigenvalue weighted by molar-refractivity contribution is 8.38. The number of hydrogen-bond donors (Lipinski definition) is 0. The van der Waals surface area contributed by atoms with Crippen LogP contribution in [-0.2, 0) is 14.1 Å². The van der Waals surface area contributed by atoms with Gasteiger partial charge in [0.2, 0.25) is 0 Å². The fraction of sp³-hybridized carbons (Fsp3) is 1.00. The van der Waals surface area contributed by atoms with Crippen molar-refractivity contribution in [3.05, 3.63) is 0 Å². The fourth-order valence-corrected chi connectivity index (χ4v) is 7.44. The lowest BCUT2D eigenvalue weighted by Gasteiger charge is -2.13.